The SMILES string of the molecule is O=C(CCCc1ccc(/C=C/C(c2cc(Cl)c(Cl)c(Cl)c2)C(F)(F)F)cc1Cl)CC(F)(F)F. The van der Waals surface area contributed by atoms with E-state index in [0.717, 1.165) is 18.2 Å². The van der Waals surface area contributed by atoms with Gasteiger partial charge in [-0.1, -0.05) is 70.7 Å². The highest BCUT2D eigenvalue weighted by Crippen LogP contribution is 2.41. The van der Waals surface area contributed by atoms with Gasteiger partial charge in [-0.2, -0.15) is 26.3 Å². The van der Waals surface area contributed by atoms with Gasteiger partial charge in [-0.05, 0) is 47.7 Å². The van der Waals surface area contributed by atoms with Crippen molar-refractivity contribution < 1.29 is 31.1 Å². The molecule has 0 amide bonds. The van der Waals surface area contributed by atoms with Crippen LogP contribution >= 0.6 is 46.4 Å². The molecule has 1 atom stereocenters. The van der Waals surface area contributed by atoms with Crippen LogP contribution in [0.2, 0.25) is 20.1 Å². The van der Waals surface area contributed by atoms with Crippen molar-refractivity contribution in [1.29, 1.82) is 0 Å². The number of aryl methyl sites for hydroxylation is 1. The summed E-state index contributed by atoms with van der Waals surface area (Å²) in [5.74, 6) is -2.93. The molecule has 0 bridgehead atoms. The quantitative estimate of drug-likeness (QED) is 0.236. The number of halogens is 10. The Morgan fingerprint density at radius 2 is 1.52 bits per heavy atom. The van der Waals surface area contributed by atoms with E-state index in [1.165, 1.54) is 18.2 Å². The zero-order valence-electron chi connectivity index (χ0n) is 16.6. The van der Waals surface area contributed by atoms with Crippen LogP contribution in [-0.4, -0.2) is 18.1 Å². The zero-order valence-corrected chi connectivity index (χ0v) is 19.7. The van der Waals surface area contributed by atoms with Gasteiger partial charge in [0.1, 0.15) is 12.2 Å². The van der Waals surface area contributed by atoms with Gasteiger partial charge >= 0.3 is 12.4 Å². The van der Waals surface area contributed by atoms with E-state index < -0.39 is 30.5 Å². The second kappa shape index (κ2) is 11.3. The lowest BCUT2D eigenvalue weighted by Crippen LogP contribution is -2.19. The summed E-state index contributed by atoms with van der Waals surface area (Å²) in [6.45, 7) is 0. The van der Waals surface area contributed by atoms with Crippen LogP contribution in [0.3, 0.4) is 0 Å². The van der Waals surface area contributed by atoms with Crippen molar-refractivity contribution in [3.05, 3.63) is 73.2 Å². The Labute approximate surface area is 206 Å². The third-order valence-electron chi connectivity index (χ3n) is 4.58. The second-order valence-corrected chi connectivity index (χ2v) is 8.81. The van der Waals surface area contributed by atoms with Gasteiger partial charge in [-0.25, -0.2) is 0 Å². The first kappa shape index (κ1) is 27.8. The second-order valence-electron chi connectivity index (χ2n) is 7.21. The van der Waals surface area contributed by atoms with E-state index in [1.807, 2.05) is 0 Å². The largest absolute Gasteiger partial charge is 0.399 e. The lowest BCUT2D eigenvalue weighted by molar-refractivity contribution is -0.152. The Morgan fingerprint density at radius 3 is 2.03 bits per heavy atom. The topological polar surface area (TPSA) is 17.1 Å². The molecule has 0 aliphatic heterocycles. The molecule has 2 rings (SSSR count). The van der Waals surface area contributed by atoms with Gasteiger partial charge < -0.3 is 0 Å². The standard InChI is InChI=1S/C22H16Cl4F6O/c23-17-8-12(4-6-13(17)2-1-3-15(33)11-21(27,28)29)5-7-16(22(30,31)32)14-9-18(24)20(26)19(25)10-14/h4-10,16H,1-3,11H2/b7-5+. The average molecular weight is 552 g/mol. The van der Waals surface area contributed by atoms with Crippen LogP contribution in [0.1, 0.15) is 41.9 Å². The molecule has 0 radical (unpaired) electrons. The Hall–Kier alpha value is -1.41. The lowest BCUT2D eigenvalue weighted by atomic mass is 9.96. The number of rotatable bonds is 8. The molecule has 0 heterocycles. The predicted molar refractivity (Wildman–Crippen MR) is 119 cm³/mol. The van der Waals surface area contributed by atoms with Gasteiger partial charge in [-0.3, -0.25) is 4.79 Å². The monoisotopic (exact) mass is 550 g/mol. The Morgan fingerprint density at radius 1 is 0.909 bits per heavy atom. The van der Waals surface area contributed by atoms with Crippen molar-refractivity contribution in [2.24, 2.45) is 0 Å². The molecule has 1 unspecified atom stereocenters. The highest BCUT2D eigenvalue weighted by atomic mass is 35.5. The molecule has 11 heteroatoms. The molecule has 0 aliphatic carbocycles. The molecule has 0 fully saturated rings. The van der Waals surface area contributed by atoms with Crippen molar-refractivity contribution >= 4 is 58.3 Å². The molecule has 1 nitrogen and oxygen atoms in total. The van der Waals surface area contributed by atoms with E-state index in [1.54, 1.807) is 6.07 Å². The summed E-state index contributed by atoms with van der Waals surface area (Å²) in [5.41, 5.74) is 0.749. The van der Waals surface area contributed by atoms with Crippen LogP contribution in [0.15, 0.2) is 36.4 Å². The maximum absolute atomic E-state index is 13.6. The fraction of sp³-hybridized carbons (Fsp3) is 0.318. The summed E-state index contributed by atoms with van der Waals surface area (Å²) in [6.07, 6.45) is -8.33. The first-order valence-corrected chi connectivity index (χ1v) is 10.9. The molecule has 0 N–H and O–H groups in total. The number of ketones is 1. The number of benzene rings is 2. The summed E-state index contributed by atoms with van der Waals surface area (Å²) in [5, 5.41) is -0.0399. The summed E-state index contributed by atoms with van der Waals surface area (Å²) >= 11 is 23.7. The number of Topliss-reactive ketones (excluding diaryl/α,β-unsaturated/α-hetero) is 1. The summed E-state index contributed by atoms with van der Waals surface area (Å²) in [4.78, 5) is 11.3. The van der Waals surface area contributed by atoms with E-state index in [9.17, 15) is 31.1 Å². The van der Waals surface area contributed by atoms with Crippen molar-refractivity contribution in [2.75, 3.05) is 0 Å². The van der Waals surface area contributed by atoms with Gasteiger partial charge in [0.25, 0.3) is 0 Å². The minimum absolute atomic E-state index is 0.0468. The molecule has 180 valence electrons. The molecular weight excluding hydrogens is 536 g/mol. The van der Waals surface area contributed by atoms with E-state index in [0.29, 0.717) is 11.1 Å². The van der Waals surface area contributed by atoms with E-state index in [4.69, 9.17) is 46.4 Å². The normalized spacial score (nSPS) is 13.5. The number of hydrogen-bond acceptors (Lipinski definition) is 1. The maximum Gasteiger partial charge on any atom is 0.399 e. The predicted octanol–water partition coefficient (Wildman–Crippen LogP) is 9.50. The number of hydrogen-bond donors (Lipinski definition) is 0. The Bertz CT molecular complexity index is 1010. The van der Waals surface area contributed by atoms with Crippen molar-refractivity contribution in [1.82, 2.24) is 0 Å². The summed E-state index contributed by atoms with van der Waals surface area (Å²) in [7, 11) is 0. The number of carbonyl (C=O) groups is 1. The third-order valence-corrected chi connectivity index (χ3v) is 6.12. The Kier molecular flexibility index (Phi) is 9.57. The fourth-order valence-corrected chi connectivity index (χ4v) is 3.93. The van der Waals surface area contributed by atoms with Gasteiger partial charge in [-0.15, -0.1) is 0 Å². The van der Waals surface area contributed by atoms with Crippen LogP contribution in [0.5, 0.6) is 0 Å². The first-order chi connectivity index (χ1) is 15.2. The zero-order chi connectivity index (χ0) is 25.0. The lowest BCUT2D eigenvalue weighted by Gasteiger charge is -2.18. The van der Waals surface area contributed by atoms with Crippen LogP contribution in [0.25, 0.3) is 6.08 Å². The number of allylic oxidation sites excluding steroid dienone is 1. The first-order valence-electron chi connectivity index (χ1n) is 9.43. The molecule has 33 heavy (non-hydrogen) atoms. The molecule has 2 aromatic rings. The molecule has 0 aliphatic rings. The highest BCUT2D eigenvalue weighted by Gasteiger charge is 2.39. The van der Waals surface area contributed by atoms with Crippen LogP contribution < -0.4 is 0 Å². The van der Waals surface area contributed by atoms with Gasteiger partial charge in [0.2, 0.25) is 0 Å². The van der Waals surface area contributed by atoms with Gasteiger partial charge in [0.15, 0.2) is 0 Å². The third kappa shape index (κ3) is 8.71. The number of carbonyl (C=O) groups excluding carboxylic acids is 1. The number of alkyl halides is 6. The minimum atomic E-state index is -4.64. The molecule has 0 saturated carbocycles. The van der Waals surface area contributed by atoms with Crippen molar-refractivity contribution in [3.8, 4) is 0 Å². The molecule has 0 spiro atoms. The fourth-order valence-electron chi connectivity index (χ4n) is 3.03. The van der Waals surface area contributed by atoms with Crippen LogP contribution in [-0.2, 0) is 11.2 Å². The molecular formula is C22H16Cl4F6O. The smallest absolute Gasteiger partial charge is 0.299 e. The molecule has 0 aromatic heterocycles. The summed E-state index contributed by atoms with van der Waals surface area (Å²) in [6, 6.07) is 6.68. The van der Waals surface area contributed by atoms with Crippen molar-refractivity contribution in [2.45, 2.75) is 44.0 Å². The van der Waals surface area contributed by atoms with Crippen LogP contribution in [0, 0.1) is 0 Å². The maximum atomic E-state index is 13.6. The average Bonchev–Trinajstić information content (AvgIpc) is 2.65. The minimum Gasteiger partial charge on any atom is -0.299 e. The Balaban J connectivity index is 2.13. The molecule has 0 saturated heterocycles. The highest BCUT2D eigenvalue weighted by molar-refractivity contribution is 6.48. The van der Waals surface area contributed by atoms with E-state index in [2.05, 4.69) is 0 Å². The summed E-state index contributed by atoms with van der Waals surface area (Å²) < 4.78 is 77.5. The van der Waals surface area contributed by atoms with Gasteiger partial charge in [0.05, 0.1) is 21.0 Å². The van der Waals surface area contributed by atoms with E-state index >= 15 is 0 Å². The molecule has 2 aromatic carbocycles. The van der Waals surface area contributed by atoms with Crippen molar-refractivity contribution in [3.63, 3.8) is 0 Å². The van der Waals surface area contributed by atoms with Gasteiger partial charge in [0, 0.05) is 11.4 Å². The van der Waals surface area contributed by atoms with E-state index in [-0.39, 0.29) is 44.9 Å². The van der Waals surface area contributed by atoms with Crippen LogP contribution in [0.4, 0.5) is 26.3 Å².